The zero-order valence-electron chi connectivity index (χ0n) is 15.0. The number of rotatable bonds is 8. The maximum absolute atomic E-state index is 12.0. The van der Waals surface area contributed by atoms with Crippen molar-refractivity contribution < 1.29 is 19.1 Å². The lowest BCUT2D eigenvalue weighted by atomic mass is 10.2. The molecule has 0 saturated carbocycles. The average molecular weight is 434 g/mol. The van der Waals surface area contributed by atoms with E-state index < -0.39 is 5.91 Å². The molecule has 2 aromatic carbocycles. The maximum atomic E-state index is 12.0. The minimum atomic E-state index is -0.419. The molecule has 0 unspecified atom stereocenters. The number of methoxy groups -OCH3 is 1. The SMILES string of the molecule is COc1ccc(OCC(=O)N/N=C(\C)CC(=O)Nc2cccc(Br)c2)cc1. The van der Waals surface area contributed by atoms with Gasteiger partial charge in [0.15, 0.2) is 6.61 Å². The van der Waals surface area contributed by atoms with Crippen LogP contribution in [-0.2, 0) is 9.59 Å². The Bertz CT molecular complexity index is 822. The number of carbonyl (C=O) groups excluding carboxylic acids is 2. The van der Waals surface area contributed by atoms with E-state index in [-0.39, 0.29) is 18.9 Å². The van der Waals surface area contributed by atoms with Gasteiger partial charge in [-0.1, -0.05) is 22.0 Å². The average Bonchev–Trinajstić information content (AvgIpc) is 2.65. The van der Waals surface area contributed by atoms with Gasteiger partial charge < -0.3 is 14.8 Å². The van der Waals surface area contributed by atoms with Crippen molar-refractivity contribution in [2.24, 2.45) is 5.10 Å². The lowest BCUT2D eigenvalue weighted by Gasteiger charge is -2.07. The number of anilines is 1. The van der Waals surface area contributed by atoms with Gasteiger partial charge in [0.2, 0.25) is 5.91 Å². The zero-order chi connectivity index (χ0) is 19.6. The minimum Gasteiger partial charge on any atom is -0.497 e. The van der Waals surface area contributed by atoms with Crippen molar-refractivity contribution in [1.82, 2.24) is 5.43 Å². The highest BCUT2D eigenvalue weighted by molar-refractivity contribution is 9.10. The van der Waals surface area contributed by atoms with Gasteiger partial charge in [0.1, 0.15) is 11.5 Å². The number of hydrogen-bond acceptors (Lipinski definition) is 5. The van der Waals surface area contributed by atoms with Gasteiger partial charge in [-0.05, 0) is 49.4 Å². The second kappa shape index (κ2) is 10.3. The lowest BCUT2D eigenvalue weighted by molar-refractivity contribution is -0.123. The molecule has 0 radical (unpaired) electrons. The number of nitrogens with one attached hydrogen (secondary N) is 2. The highest BCUT2D eigenvalue weighted by Gasteiger charge is 2.07. The molecule has 142 valence electrons. The Balaban J connectivity index is 1.74. The van der Waals surface area contributed by atoms with Crippen LogP contribution in [0.25, 0.3) is 0 Å². The summed E-state index contributed by atoms with van der Waals surface area (Å²) in [6.07, 6.45) is 0.0616. The molecule has 0 aliphatic rings. The van der Waals surface area contributed by atoms with E-state index in [2.05, 4.69) is 31.8 Å². The van der Waals surface area contributed by atoms with Crippen LogP contribution in [0.5, 0.6) is 11.5 Å². The van der Waals surface area contributed by atoms with Gasteiger partial charge in [0.25, 0.3) is 5.91 Å². The summed E-state index contributed by atoms with van der Waals surface area (Å²) in [6.45, 7) is 1.47. The summed E-state index contributed by atoms with van der Waals surface area (Å²) < 4.78 is 11.3. The summed E-state index contributed by atoms with van der Waals surface area (Å²) >= 11 is 3.34. The third-order valence-corrected chi connectivity index (χ3v) is 3.82. The number of nitrogens with zero attached hydrogens (tertiary/aromatic N) is 1. The van der Waals surface area contributed by atoms with Gasteiger partial charge in [-0.2, -0.15) is 5.10 Å². The van der Waals surface area contributed by atoms with Crippen LogP contribution in [-0.4, -0.2) is 31.2 Å². The first-order chi connectivity index (χ1) is 13.0. The predicted octanol–water partition coefficient (Wildman–Crippen LogP) is 3.36. The highest BCUT2D eigenvalue weighted by Crippen LogP contribution is 2.17. The van der Waals surface area contributed by atoms with Crippen LogP contribution in [0.3, 0.4) is 0 Å². The molecule has 0 saturated heterocycles. The molecule has 0 aliphatic heterocycles. The zero-order valence-corrected chi connectivity index (χ0v) is 16.6. The quantitative estimate of drug-likeness (QED) is 0.493. The Morgan fingerprint density at radius 1 is 1.07 bits per heavy atom. The summed E-state index contributed by atoms with van der Waals surface area (Å²) in [7, 11) is 1.57. The van der Waals surface area contributed by atoms with Gasteiger partial charge in [0.05, 0.1) is 13.5 Å². The topological polar surface area (TPSA) is 89.0 Å². The first-order valence-electron chi connectivity index (χ1n) is 8.10. The number of carbonyl (C=O) groups is 2. The minimum absolute atomic E-state index is 0.0616. The third kappa shape index (κ3) is 7.49. The highest BCUT2D eigenvalue weighted by atomic mass is 79.9. The molecule has 0 aromatic heterocycles. The summed E-state index contributed by atoms with van der Waals surface area (Å²) in [6, 6.07) is 14.1. The van der Waals surface area contributed by atoms with Crippen LogP contribution >= 0.6 is 15.9 Å². The van der Waals surface area contributed by atoms with Crippen molar-refractivity contribution in [3.05, 3.63) is 53.0 Å². The molecular formula is C19H20BrN3O4. The smallest absolute Gasteiger partial charge is 0.277 e. The van der Waals surface area contributed by atoms with Crippen LogP contribution in [0, 0.1) is 0 Å². The van der Waals surface area contributed by atoms with Gasteiger partial charge in [0, 0.05) is 15.9 Å². The molecule has 27 heavy (non-hydrogen) atoms. The van der Waals surface area contributed by atoms with Crippen LogP contribution in [0.1, 0.15) is 13.3 Å². The van der Waals surface area contributed by atoms with E-state index in [9.17, 15) is 9.59 Å². The number of hydrazone groups is 1. The van der Waals surface area contributed by atoms with E-state index >= 15 is 0 Å². The lowest BCUT2D eigenvalue weighted by Crippen LogP contribution is -2.26. The molecule has 0 fully saturated rings. The molecule has 0 atom stereocenters. The molecule has 2 rings (SSSR count). The van der Waals surface area contributed by atoms with E-state index in [1.165, 1.54) is 0 Å². The maximum Gasteiger partial charge on any atom is 0.277 e. The van der Waals surface area contributed by atoms with Crippen molar-refractivity contribution in [3.8, 4) is 11.5 Å². The fraction of sp³-hybridized carbons (Fsp3) is 0.211. The fourth-order valence-electron chi connectivity index (χ4n) is 2.05. The second-order valence-electron chi connectivity index (χ2n) is 5.58. The van der Waals surface area contributed by atoms with E-state index in [1.54, 1.807) is 50.4 Å². The normalized spacial score (nSPS) is 10.9. The van der Waals surface area contributed by atoms with Crippen molar-refractivity contribution >= 4 is 39.1 Å². The van der Waals surface area contributed by atoms with Crippen LogP contribution in [0.15, 0.2) is 58.1 Å². The van der Waals surface area contributed by atoms with Crippen molar-refractivity contribution in [2.45, 2.75) is 13.3 Å². The number of ether oxygens (including phenoxy) is 2. The number of hydrogen-bond donors (Lipinski definition) is 2. The van der Waals surface area contributed by atoms with Crippen LogP contribution in [0.4, 0.5) is 5.69 Å². The second-order valence-corrected chi connectivity index (χ2v) is 6.50. The Morgan fingerprint density at radius 2 is 1.78 bits per heavy atom. The Hall–Kier alpha value is -2.87. The number of benzene rings is 2. The molecule has 2 N–H and O–H groups in total. The van der Waals surface area contributed by atoms with Crippen molar-refractivity contribution in [2.75, 3.05) is 19.0 Å². The van der Waals surface area contributed by atoms with Gasteiger partial charge in [-0.3, -0.25) is 9.59 Å². The first kappa shape index (κ1) is 20.4. The molecule has 0 heterocycles. The predicted molar refractivity (Wildman–Crippen MR) is 107 cm³/mol. The van der Waals surface area contributed by atoms with Crippen LogP contribution < -0.4 is 20.2 Å². The molecule has 0 spiro atoms. The standard InChI is InChI=1S/C19H20BrN3O4/c1-13(10-18(24)21-15-5-3-4-14(20)11-15)22-23-19(25)12-27-17-8-6-16(26-2)7-9-17/h3-9,11H,10,12H2,1-2H3,(H,21,24)(H,23,25)/b22-13+. The fourth-order valence-corrected chi connectivity index (χ4v) is 2.45. The molecule has 2 amide bonds. The summed E-state index contributed by atoms with van der Waals surface area (Å²) in [5.74, 6) is 0.601. The molecule has 0 bridgehead atoms. The first-order valence-corrected chi connectivity index (χ1v) is 8.90. The molecule has 2 aromatic rings. The Labute approximate surface area is 165 Å². The van der Waals surface area contributed by atoms with Gasteiger partial charge >= 0.3 is 0 Å². The van der Waals surface area contributed by atoms with Crippen molar-refractivity contribution in [3.63, 3.8) is 0 Å². The van der Waals surface area contributed by atoms with Gasteiger partial charge in [-0.15, -0.1) is 0 Å². The Morgan fingerprint density at radius 3 is 2.44 bits per heavy atom. The molecular weight excluding hydrogens is 414 g/mol. The molecule has 7 nitrogen and oxygen atoms in total. The monoisotopic (exact) mass is 433 g/mol. The van der Waals surface area contributed by atoms with E-state index in [1.807, 2.05) is 12.1 Å². The summed E-state index contributed by atoms with van der Waals surface area (Å²) in [4.78, 5) is 23.8. The van der Waals surface area contributed by atoms with Crippen LogP contribution in [0.2, 0.25) is 0 Å². The van der Waals surface area contributed by atoms with E-state index in [4.69, 9.17) is 9.47 Å². The molecule has 8 heteroatoms. The van der Waals surface area contributed by atoms with E-state index in [0.717, 1.165) is 4.47 Å². The van der Waals surface area contributed by atoms with Gasteiger partial charge in [-0.25, -0.2) is 5.43 Å². The Kier molecular flexibility index (Phi) is 7.81. The van der Waals surface area contributed by atoms with Crippen molar-refractivity contribution in [1.29, 1.82) is 0 Å². The third-order valence-electron chi connectivity index (χ3n) is 3.33. The molecule has 0 aliphatic carbocycles. The van der Waals surface area contributed by atoms with E-state index in [0.29, 0.717) is 22.9 Å². The number of amides is 2. The number of halogens is 1. The largest absolute Gasteiger partial charge is 0.497 e. The summed E-state index contributed by atoms with van der Waals surface area (Å²) in [5, 5.41) is 6.67. The summed E-state index contributed by atoms with van der Waals surface area (Å²) in [5.41, 5.74) is 3.52.